The number of benzene rings is 3. The minimum Gasteiger partial charge on any atom is -0.458 e. The average Bonchev–Trinajstić information content (AvgIpc) is 2.89. The first kappa shape index (κ1) is 27.1. The molecule has 0 heterocycles. The van der Waals surface area contributed by atoms with E-state index in [0.29, 0.717) is 24.3 Å². The molecule has 0 aromatic heterocycles. The van der Waals surface area contributed by atoms with E-state index in [4.69, 9.17) is 18.9 Å². The van der Waals surface area contributed by atoms with Gasteiger partial charge in [-0.15, -0.1) is 0 Å². The third-order valence-corrected chi connectivity index (χ3v) is 5.33. The first-order valence-electron chi connectivity index (χ1n) is 12.2. The van der Waals surface area contributed by atoms with Crippen molar-refractivity contribution in [3.8, 4) is 0 Å². The summed E-state index contributed by atoms with van der Waals surface area (Å²) < 4.78 is 22.5. The molecule has 0 bridgehead atoms. The minimum atomic E-state index is -0.745. The topological polar surface area (TPSA) is 71.1 Å². The van der Waals surface area contributed by atoms with Crippen molar-refractivity contribution >= 4 is 11.9 Å². The number of carbonyl (C=O) groups is 2. The van der Waals surface area contributed by atoms with Gasteiger partial charge in [-0.25, -0.2) is 9.59 Å². The fourth-order valence-corrected chi connectivity index (χ4v) is 3.30. The molecule has 0 saturated carbocycles. The number of ether oxygens (including phenoxy) is 4. The van der Waals surface area contributed by atoms with E-state index < -0.39 is 18.0 Å². The van der Waals surface area contributed by atoms with Crippen LogP contribution < -0.4 is 0 Å². The van der Waals surface area contributed by atoms with Crippen molar-refractivity contribution in [3.05, 3.63) is 107 Å². The van der Waals surface area contributed by atoms with Gasteiger partial charge in [-0.2, -0.15) is 0 Å². The van der Waals surface area contributed by atoms with Crippen LogP contribution in [-0.2, 0) is 32.2 Å². The zero-order chi connectivity index (χ0) is 25.9. The standard InChI is InChI=1S/C30H34O6/c1-21(2)33-18-23-10-14-26(15-11-23)29(31)35-20-28(25-8-6-5-7-9-25)36-30(32)27-16-12-24(13-17-27)19-34-22(3)4/h5-17,21-22,28H,18-20H2,1-4H3. The third kappa shape index (κ3) is 8.63. The molecular formula is C30H34O6. The van der Waals surface area contributed by atoms with Gasteiger partial charge < -0.3 is 18.9 Å². The second-order valence-electron chi connectivity index (χ2n) is 9.02. The highest BCUT2D eigenvalue weighted by Crippen LogP contribution is 2.21. The van der Waals surface area contributed by atoms with Gasteiger partial charge in [0.15, 0.2) is 6.10 Å². The van der Waals surface area contributed by atoms with E-state index in [1.165, 1.54) is 0 Å². The zero-order valence-corrected chi connectivity index (χ0v) is 21.3. The molecule has 36 heavy (non-hydrogen) atoms. The van der Waals surface area contributed by atoms with Crippen molar-refractivity contribution in [1.82, 2.24) is 0 Å². The molecule has 6 heteroatoms. The second-order valence-corrected chi connectivity index (χ2v) is 9.02. The molecule has 190 valence electrons. The molecule has 0 aliphatic rings. The minimum absolute atomic E-state index is 0.104. The van der Waals surface area contributed by atoms with Crippen LogP contribution in [0, 0.1) is 0 Å². The second kappa shape index (κ2) is 13.6. The highest BCUT2D eigenvalue weighted by Gasteiger charge is 2.21. The molecule has 0 fully saturated rings. The van der Waals surface area contributed by atoms with Crippen molar-refractivity contribution in [2.24, 2.45) is 0 Å². The Labute approximate surface area is 213 Å². The molecule has 0 saturated heterocycles. The van der Waals surface area contributed by atoms with E-state index >= 15 is 0 Å². The summed E-state index contributed by atoms with van der Waals surface area (Å²) in [6.45, 7) is 8.74. The number of hydrogen-bond donors (Lipinski definition) is 0. The Bertz CT molecular complexity index is 1090. The maximum absolute atomic E-state index is 12.9. The highest BCUT2D eigenvalue weighted by atomic mass is 16.6. The summed E-state index contributed by atoms with van der Waals surface area (Å²) in [4.78, 5) is 25.5. The number of hydrogen-bond acceptors (Lipinski definition) is 6. The van der Waals surface area contributed by atoms with E-state index in [0.717, 1.165) is 16.7 Å². The molecule has 0 radical (unpaired) electrons. The van der Waals surface area contributed by atoms with Gasteiger partial charge in [-0.1, -0.05) is 54.6 Å². The summed E-state index contributed by atoms with van der Waals surface area (Å²) in [5, 5.41) is 0. The molecule has 0 aliphatic heterocycles. The summed E-state index contributed by atoms with van der Waals surface area (Å²) in [7, 11) is 0. The molecule has 1 atom stereocenters. The Morgan fingerprint density at radius 2 is 1.11 bits per heavy atom. The monoisotopic (exact) mass is 490 g/mol. The summed E-state index contributed by atoms with van der Waals surface area (Å²) in [5.41, 5.74) is 3.51. The number of carbonyl (C=O) groups excluding carboxylic acids is 2. The lowest BCUT2D eigenvalue weighted by atomic mass is 10.1. The van der Waals surface area contributed by atoms with Crippen molar-refractivity contribution < 1.29 is 28.5 Å². The molecule has 0 aliphatic carbocycles. The Morgan fingerprint density at radius 1 is 0.639 bits per heavy atom. The smallest absolute Gasteiger partial charge is 0.338 e. The quantitative estimate of drug-likeness (QED) is 0.278. The Morgan fingerprint density at radius 3 is 1.58 bits per heavy atom. The summed E-state index contributed by atoms with van der Waals surface area (Å²) in [6, 6.07) is 23.4. The highest BCUT2D eigenvalue weighted by molar-refractivity contribution is 5.90. The van der Waals surface area contributed by atoms with Gasteiger partial charge in [0.25, 0.3) is 0 Å². The van der Waals surface area contributed by atoms with Crippen LogP contribution in [0.15, 0.2) is 78.9 Å². The van der Waals surface area contributed by atoms with E-state index in [2.05, 4.69) is 0 Å². The Balaban J connectivity index is 1.63. The van der Waals surface area contributed by atoms with Gasteiger partial charge in [0.05, 0.1) is 36.5 Å². The first-order chi connectivity index (χ1) is 17.3. The van der Waals surface area contributed by atoms with E-state index in [1.54, 1.807) is 24.3 Å². The lowest BCUT2D eigenvalue weighted by molar-refractivity contribution is -0.00134. The maximum atomic E-state index is 12.9. The largest absolute Gasteiger partial charge is 0.458 e. The van der Waals surface area contributed by atoms with Crippen molar-refractivity contribution in [2.45, 2.75) is 59.2 Å². The fraction of sp³-hybridized carbons (Fsp3) is 0.333. The van der Waals surface area contributed by atoms with Gasteiger partial charge in [-0.3, -0.25) is 0 Å². The molecule has 0 amide bonds. The SMILES string of the molecule is CC(C)OCc1ccc(C(=O)OCC(OC(=O)c2ccc(COC(C)C)cc2)c2ccccc2)cc1. The van der Waals surface area contributed by atoms with E-state index in [1.807, 2.05) is 82.3 Å². The molecular weight excluding hydrogens is 456 g/mol. The molecule has 6 nitrogen and oxygen atoms in total. The average molecular weight is 491 g/mol. The predicted octanol–water partition coefficient (Wildman–Crippen LogP) is 6.29. The van der Waals surface area contributed by atoms with Gasteiger partial charge in [-0.05, 0) is 68.7 Å². The lowest BCUT2D eigenvalue weighted by Gasteiger charge is -2.19. The molecule has 3 aromatic carbocycles. The van der Waals surface area contributed by atoms with Gasteiger partial charge >= 0.3 is 11.9 Å². The van der Waals surface area contributed by atoms with Crippen LogP contribution in [0.3, 0.4) is 0 Å². The van der Waals surface area contributed by atoms with Crippen LogP contribution in [-0.4, -0.2) is 30.8 Å². The van der Waals surface area contributed by atoms with Crippen molar-refractivity contribution in [2.75, 3.05) is 6.61 Å². The molecule has 3 rings (SSSR count). The van der Waals surface area contributed by atoms with Gasteiger partial charge in [0.1, 0.15) is 6.61 Å². The first-order valence-corrected chi connectivity index (χ1v) is 12.2. The maximum Gasteiger partial charge on any atom is 0.338 e. The number of esters is 2. The van der Waals surface area contributed by atoms with Crippen LogP contribution >= 0.6 is 0 Å². The molecule has 3 aromatic rings. The lowest BCUT2D eigenvalue weighted by Crippen LogP contribution is -2.19. The zero-order valence-electron chi connectivity index (χ0n) is 21.3. The Hall–Kier alpha value is -3.48. The Kier molecular flexibility index (Phi) is 10.2. The van der Waals surface area contributed by atoms with Crippen LogP contribution in [0.25, 0.3) is 0 Å². The van der Waals surface area contributed by atoms with Crippen LogP contribution in [0.2, 0.25) is 0 Å². The van der Waals surface area contributed by atoms with Crippen molar-refractivity contribution in [3.63, 3.8) is 0 Å². The molecule has 0 N–H and O–H groups in total. The van der Waals surface area contributed by atoms with E-state index in [9.17, 15) is 9.59 Å². The van der Waals surface area contributed by atoms with Crippen molar-refractivity contribution in [1.29, 1.82) is 0 Å². The predicted molar refractivity (Wildman–Crippen MR) is 138 cm³/mol. The number of rotatable bonds is 12. The summed E-state index contributed by atoms with van der Waals surface area (Å²) in [6.07, 6.45) is -0.491. The molecule has 1 unspecified atom stereocenters. The van der Waals surface area contributed by atoms with Gasteiger partial charge in [0.2, 0.25) is 0 Å². The van der Waals surface area contributed by atoms with Crippen LogP contribution in [0.5, 0.6) is 0 Å². The third-order valence-electron chi connectivity index (χ3n) is 5.33. The van der Waals surface area contributed by atoms with Crippen LogP contribution in [0.4, 0.5) is 0 Å². The van der Waals surface area contributed by atoms with Crippen LogP contribution in [0.1, 0.15) is 71.2 Å². The molecule has 0 spiro atoms. The summed E-state index contributed by atoms with van der Waals surface area (Å²) in [5.74, 6) is -0.983. The van der Waals surface area contributed by atoms with E-state index in [-0.39, 0.29) is 18.8 Å². The normalized spacial score (nSPS) is 11.9. The fourth-order valence-electron chi connectivity index (χ4n) is 3.30. The van der Waals surface area contributed by atoms with Gasteiger partial charge in [0, 0.05) is 0 Å². The summed E-state index contributed by atoms with van der Waals surface area (Å²) >= 11 is 0.